The van der Waals surface area contributed by atoms with Crippen LogP contribution in [0.25, 0.3) is 0 Å². The third-order valence-electron chi connectivity index (χ3n) is 4.00. The normalized spacial score (nSPS) is 24.4. The fourth-order valence-electron chi connectivity index (χ4n) is 3.02. The van der Waals surface area contributed by atoms with Crippen molar-refractivity contribution in [3.8, 4) is 5.75 Å². The van der Waals surface area contributed by atoms with Crippen LogP contribution in [0.2, 0.25) is 0 Å². The maximum absolute atomic E-state index is 5.84. The highest BCUT2D eigenvalue weighted by Crippen LogP contribution is 2.27. The van der Waals surface area contributed by atoms with Crippen molar-refractivity contribution in [3.63, 3.8) is 0 Å². The van der Waals surface area contributed by atoms with Gasteiger partial charge in [0.2, 0.25) is 0 Å². The van der Waals surface area contributed by atoms with Crippen LogP contribution in [-0.4, -0.2) is 37.7 Å². The summed E-state index contributed by atoms with van der Waals surface area (Å²) >= 11 is 3.55. The monoisotopic (exact) mass is 324 g/mol. The maximum atomic E-state index is 5.84. The third kappa shape index (κ3) is 3.50. The molecule has 2 aliphatic rings. The van der Waals surface area contributed by atoms with E-state index in [1.165, 1.54) is 38.0 Å². The van der Waals surface area contributed by atoms with Gasteiger partial charge in [0.1, 0.15) is 12.4 Å². The van der Waals surface area contributed by atoms with Gasteiger partial charge in [0.25, 0.3) is 0 Å². The molecule has 1 fully saturated rings. The predicted octanol–water partition coefficient (Wildman–Crippen LogP) is 2.64. The highest BCUT2D eigenvalue weighted by Gasteiger charge is 2.20. The van der Waals surface area contributed by atoms with Crippen molar-refractivity contribution in [1.82, 2.24) is 10.2 Å². The van der Waals surface area contributed by atoms with E-state index in [0.717, 1.165) is 35.8 Å². The van der Waals surface area contributed by atoms with Crippen molar-refractivity contribution in [3.05, 3.63) is 28.2 Å². The van der Waals surface area contributed by atoms with Crippen molar-refractivity contribution >= 4 is 15.9 Å². The highest BCUT2D eigenvalue weighted by molar-refractivity contribution is 9.10. The van der Waals surface area contributed by atoms with Gasteiger partial charge in [-0.05, 0) is 50.0 Å². The lowest BCUT2D eigenvalue weighted by atomic mass is 9.99. The minimum atomic E-state index is 0.794. The van der Waals surface area contributed by atoms with Gasteiger partial charge in [-0.3, -0.25) is 4.90 Å². The van der Waals surface area contributed by atoms with Crippen LogP contribution in [0.4, 0.5) is 0 Å². The predicted molar refractivity (Wildman–Crippen MR) is 80.5 cm³/mol. The van der Waals surface area contributed by atoms with Gasteiger partial charge in [0.15, 0.2) is 0 Å². The molecule has 3 nitrogen and oxygen atoms in total. The third-order valence-corrected chi connectivity index (χ3v) is 4.49. The largest absolute Gasteiger partial charge is 0.492 e. The molecular weight excluding hydrogens is 304 g/mol. The smallest absolute Gasteiger partial charge is 0.123 e. The van der Waals surface area contributed by atoms with Gasteiger partial charge in [-0.1, -0.05) is 15.9 Å². The quantitative estimate of drug-likeness (QED) is 0.905. The van der Waals surface area contributed by atoms with Crippen molar-refractivity contribution in [2.45, 2.75) is 19.4 Å². The average molecular weight is 325 g/mol. The topological polar surface area (TPSA) is 24.5 Å². The molecule has 0 radical (unpaired) electrons. The number of fused-ring (bicyclic) bond motifs is 1. The van der Waals surface area contributed by atoms with Crippen molar-refractivity contribution < 1.29 is 4.74 Å². The zero-order valence-electron chi connectivity index (χ0n) is 11.2. The summed E-state index contributed by atoms with van der Waals surface area (Å²) in [5, 5.41) is 3.50. The summed E-state index contributed by atoms with van der Waals surface area (Å²) in [6.45, 7) is 6.38. The van der Waals surface area contributed by atoms with E-state index in [2.05, 4.69) is 44.3 Å². The fraction of sp³-hybridized carbons (Fsp3) is 0.600. The van der Waals surface area contributed by atoms with E-state index in [0.29, 0.717) is 0 Å². The second-order valence-corrected chi connectivity index (χ2v) is 6.46. The Hall–Kier alpha value is -0.580. The number of nitrogens with one attached hydrogen (secondary N) is 1. The van der Waals surface area contributed by atoms with Crippen molar-refractivity contribution in [2.24, 2.45) is 5.92 Å². The first-order valence-corrected chi connectivity index (χ1v) is 7.95. The standard InChI is InChI=1S/C15H21BrN2O/c16-14-3-4-15-13(8-14)11-18(6-7-19-15)10-12-2-1-5-17-9-12/h3-4,8,12,17H,1-2,5-7,9-11H2. The summed E-state index contributed by atoms with van der Waals surface area (Å²) < 4.78 is 6.98. The Morgan fingerprint density at radius 3 is 3.21 bits per heavy atom. The molecule has 3 rings (SSSR count). The van der Waals surface area contributed by atoms with Crippen LogP contribution in [0.15, 0.2) is 22.7 Å². The molecule has 1 aromatic carbocycles. The number of rotatable bonds is 2. The van der Waals surface area contributed by atoms with Gasteiger partial charge in [0.05, 0.1) is 0 Å². The summed E-state index contributed by atoms with van der Waals surface area (Å²) in [7, 11) is 0. The number of nitrogens with zero attached hydrogens (tertiary/aromatic N) is 1. The molecule has 1 aromatic rings. The van der Waals surface area contributed by atoms with Gasteiger partial charge < -0.3 is 10.1 Å². The first kappa shape index (κ1) is 13.4. The SMILES string of the molecule is Brc1ccc2c(c1)CN(CC1CCCNC1)CCO2. The van der Waals surface area contributed by atoms with Gasteiger partial charge in [-0.25, -0.2) is 0 Å². The Morgan fingerprint density at radius 1 is 1.42 bits per heavy atom. The van der Waals surface area contributed by atoms with E-state index in [4.69, 9.17) is 4.74 Å². The summed E-state index contributed by atoms with van der Waals surface area (Å²) in [5.74, 6) is 1.84. The fourth-order valence-corrected chi connectivity index (χ4v) is 3.43. The molecule has 0 aromatic heterocycles. The number of hydrogen-bond acceptors (Lipinski definition) is 3. The van der Waals surface area contributed by atoms with E-state index < -0.39 is 0 Å². The number of benzene rings is 1. The minimum absolute atomic E-state index is 0.794. The lowest BCUT2D eigenvalue weighted by Gasteiger charge is -2.28. The average Bonchev–Trinajstić information content (AvgIpc) is 2.61. The Balaban J connectivity index is 1.67. The molecular formula is C15H21BrN2O. The lowest BCUT2D eigenvalue weighted by Crippen LogP contribution is -2.38. The van der Waals surface area contributed by atoms with E-state index in [1.54, 1.807) is 0 Å². The van der Waals surface area contributed by atoms with Crippen LogP contribution in [0.3, 0.4) is 0 Å². The molecule has 0 spiro atoms. The van der Waals surface area contributed by atoms with E-state index in [-0.39, 0.29) is 0 Å². The van der Waals surface area contributed by atoms with Crippen LogP contribution in [0.1, 0.15) is 18.4 Å². The Kier molecular flexibility index (Phi) is 4.41. The van der Waals surface area contributed by atoms with Crippen LogP contribution >= 0.6 is 15.9 Å². The van der Waals surface area contributed by atoms with E-state index in [9.17, 15) is 0 Å². The molecule has 0 aliphatic carbocycles. The Morgan fingerprint density at radius 2 is 2.37 bits per heavy atom. The molecule has 1 atom stereocenters. The number of ether oxygens (including phenoxy) is 1. The number of piperidine rings is 1. The zero-order chi connectivity index (χ0) is 13.1. The van der Waals surface area contributed by atoms with E-state index >= 15 is 0 Å². The molecule has 2 heterocycles. The summed E-state index contributed by atoms with van der Waals surface area (Å²) in [4.78, 5) is 2.54. The zero-order valence-corrected chi connectivity index (χ0v) is 12.8. The molecule has 0 saturated carbocycles. The molecule has 1 unspecified atom stereocenters. The highest BCUT2D eigenvalue weighted by atomic mass is 79.9. The second-order valence-electron chi connectivity index (χ2n) is 5.55. The first-order chi connectivity index (χ1) is 9.31. The van der Waals surface area contributed by atoms with Crippen LogP contribution in [-0.2, 0) is 6.54 Å². The molecule has 0 bridgehead atoms. The summed E-state index contributed by atoms with van der Waals surface area (Å²) in [5.41, 5.74) is 1.30. The molecule has 104 valence electrons. The van der Waals surface area contributed by atoms with Gasteiger partial charge in [0, 0.05) is 29.7 Å². The molecule has 19 heavy (non-hydrogen) atoms. The molecule has 2 aliphatic heterocycles. The van der Waals surface area contributed by atoms with Crippen LogP contribution < -0.4 is 10.1 Å². The van der Waals surface area contributed by atoms with Crippen molar-refractivity contribution in [2.75, 3.05) is 32.8 Å². The van der Waals surface area contributed by atoms with Gasteiger partial charge in [-0.15, -0.1) is 0 Å². The maximum Gasteiger partial charge on any atom is 0.123 e. The van der Waals surface area contributed by atoms with Crippen LogP contribution in [0, 0.1) is 5.92 Å². The lowest BCUT2D eigenvalue weighted by molar-refractivity contribution is 0.183. The van der Waals surface area contributed by atoms with Gasteiger partial charge in [-0.2, -0.15) is 0 Å². The molecule has 1 N–H and O–H groups in total. The molecule has 4 heteroatoms. The van der Waals surface area contributed by atoms with Crippen molar-refractivity contribution in [1.29, 1.82) is 0 Å². The first-order valence-electron chi connectivity index (χ1n) is 7.15. The number of hydrogen-bond donors (Lipinski definition) is 1. The minimum Gasteiger partial charge on any atom is -0.492 e. The Bertz CT molecular complexity index is 432. The Labute approximate surface area is 123 Å². The number of halogens is 1. The van der Waals surface area contributed by atoms with Crippen LogP contribution in [0.5, 0.6) is 5.75 Å². The van der Waals surface area contributed by atoms with Gasteiger partial charge >= 0.3 is 0 Å². The molecule has 1 saturated heterocycles. The second kappa shape index (κ2) is 6.25. The summed E-state index contributed by atoms with van der Waals surface area (Å²) in [6, 6.07) is 6.32. The summed E-state index contributed by atoms with van der Waals surface area (Å²) in [6.07, 6.45) is 2.67. The van der Waals surface area contributed by atoms with E-state index in [1.807, 2.05) is 0 Å². The molecule has 0 amide bonds.